The maximum atomic E-state index is 10.8. The number of likely N-dealkylation sites (tertiary alicyclic amines) is 1. The number of halogens is 2. The Bertz CT molecular complexity index is 414. The molecule has 2 fully saturated rings. The molecular weight excluding hydrogens is 452 g/mol. The minimum atomic E-state index is -0.307. The van der Waals surface area contributed by atoms with Crippen molar-refractivity contribution in [3.8, 4) is 0 Å². The first-order valence-corrected chi connectivity index (χ1v) is 14.1. The molecule has 1 aliphatic heterocycles. The normalized spacial score (nSPS) is 37.9. The van der Waals surface area contributed by atoms with E-state index < -0.39 is 0 Å². The van der Waals surface area contributed by atoms with Gasteiger partial charge in [0.15, 0.2) is 0 Å². The van der Waals surface area contributed by atoms with E-state index in [9.17, 15) is 5.11 Å². The zero-order valence-electron chi connectivity index (χ0n) is 16.0. The number of hydrogen-bond donors (Lipinski definition) is 1. The van der Waals surface area contributed by atoms with E-state index in [1.807, 2.05) is 0 Å². The number of piperidine rings is 1. The van der Waals surface area contributed by atoms with Crippen molar-refractivity contribution < 1.29 is 5.11 Å². The van der Waals surface area contributed by atoms with Gasteiger partial charge in [0.2, 0.25) is 0 Å². The molecule has 0 aromatic rings. The van der Waals surface area contributed by atoms with E-state index in [2.05, 4.69) is 61.6 Å². The van der Waals surface area contributed by atoms with Gasteiger partial charge in [0.1, 0.15) is 6.23 Å². The van der Waals surface area contributed by atoms with Gasteiger partial charge in [-0.2, -0.15) is 0 Å². The number of rotatable bonds is 5. The third kappa shape index (κ3) is 4.26. The summed E-state index contributed by atoms with van der Waals surface area (Å²) in [5.74, 6) is 1.64. The van der Waals surface area contributed by atoms with Crippen molar-refractivity contribution in [1.82, 2.24) is 4.90 Å². The summed E-state index contributed by atoms with van der Waals surface area (Å²) in [5, 5.41) is 11.7. The van der Waals surface area contributed by atoms with Crippen molar-refractivity contribution in [2.45, 2.75) is 83.5 Å². The lowest BCUT2D eigenvalue weighted by Crippen LogP contribution is -2.61. The maximum absolute atomic E-state index is 10.8. The van der Waals surface area contributed by atoms with Crippen molar-refractivity contribution in [2.24, 2.45) is 23.2 Å². The van der Waals surface area contributed by atoms with Crippen LogP contribution >= 0.6 is 39.9 Å². The van der Waals surface area contributed by atoms with E-state index in [1.54, 1.807) is 0 Å². The Morgan fingerprint density at radius 3 is 2.21 bits per heavy atom. The molecule has 142 valence electrons. The van der Waals surface area contributed by atoms with Gasteiger partial charge >= 0.3 is 0 Å². The smallest absolute Gasteiger partial charge is 0.110 e. The second kappa shape index (κ2) is 8.59. The molecule has 0 aromatic carbocycles. The Labute approximate surface area is 169 Å². The third-order valence-electron chi connectivity index (χ3n) is 7.02. The fourth-order valence-corrected chi connectivity index (χ4v) is 10.4. The first-order chi connectivity index (χ1) is 11.1. The van der Waals surface area contributed by atoms with E-state index in [-0.39, 0.29) is 11.6 Å². The van der Waals surface area contributed by atoms with Crippen LogP contribution in [0.5, 0.6) is 0 Å². The molecule has 1 saturated carbocycles. The average Bonchev–Trinajstić information content (AvgIpc) is 2.53. The highest BCUT2D eigenvalue weighted by atomic mass is 127. The zero-order valence-corrected chi connectivity index (χ0v) is 19.9. The van der Waals surface area contributed by atoms with Crippen LogP contribution in [0.4, 0.5) is 0 Å². The van der Waals surface area contributed by atoms with Gasteiger partial charge < -0.3 is 5.11 Å². The van der Waals surface area contributed by atoms with Crippen LogP contribution < -0.4 is 0 Å². The van der Waals surface area contributed by atoms with Gasteiger partial charge in [-0.3, -0.25) is 4.90 Å². The molecule has 1 heterocycles. The number of nitrogens with zero attached hydrogens (tertiary/aromatic N) is 1. The minimum Gasteiger partial charge on any atom is -0.378 e. The summed E-state index contributed by atoms with van der Waals surface area (Å²) in [4.78, 5) is 2.35. The molecule has 0 bridgehead atoms. The van der Waals surface area contributed by atoms with Crippen LogP contribution in [0, 0.1) is 23.2 Å². The van der Waals surface area contributed by atoms with E-state index in [4.69, 9.17) is 11.6 Å². The van der Waals surface area contributed by atoms with Crippen LogP contribution in [0.25, 0.3) is 0 Å². The van der Waals surface area contributed by atoms with Gasteiger partial charge in [-0.1, -0.05) is 56.7 Å². The molecule has 2 rings (SSSR count). The van der Waals surface area contributed by atoms with Crippen molar-refractivity contribution >= 4 is 39.9 Å². The average molecular weight is 488 g/mol. The number of alkyl halides is 1. The Kier molecular flexibility index (Phi) is 7.75. The van der Waals surface area contributed by atoms with Gasteiger partial charge in [-0.05, 0) is 61.5 Å². The van der Waals surface area contributed by atoms with E-state index in [0.29, 0.717) is 22.4 Å². The molecule has 5 heteroatoms. The highest BCUT2D eigenvalue weighted by molar-refractivity contribution is 14.2. The molecule has 4 atom stereocenters. The first-order valence-electron chi connectivity index (χ1n) is 9.58. The van der Waals surface area contributed by atoms with E-state index in [0.717, 1.165) is 25.2 Å². The fraction of sp³-hybridized carbons (Fsp3) is 1.00. The van der Waals surface area contributed by atoms with Gasteiger partial charge in [-0.25, -0.2) is 0 Å². The van der Waals surface area contributed by atoms with Crippen LogP contribution in [-0.4, -0.2) is 39.9 Å². The van der Waals surface area contributed by atoms with Crippen molar-refractivity contribution in [3.05, 3.63) is 0 Å². The van der Waals surface area contributed by atoms with Gasteiger partial charge in [0, 0.05) is 23.6 Å². The lowest BCUT2D eigenvalue weighted by molar-refractivity contribution is -0.0947. The quantitative estimate of drug-likeness (QED) is 0.297. The third-order valence-corrected chi connectivity index (χ3v) is 12.0. The molecule has 24 heavy (non-hydrogen) atoms. The lowest BCUT2D eigenvalue weighted by atomic mass is 9.63. The fourth-order valence-electron chi connectivity index (χ4n) is 4.84. The molecule has 1 N–H and O–H groups in total. The molecule has 2 aliphatic rings. The lowest BCUT2D eigenvalue weighted by Gasteiger charge is -2.58. The second-order valence-corrected chi connectivity index (χ2v) is 12.5. The minimum absolute atomic E-state index is 0.242. The monoisotopic (exact) mass is 487 g/mol. The SMILES string of the molecule is CC(C)[C@@H](C)[C@@H](O)N1CC[C@](PI)(C2CCC(Cl)CC2)C(C)(C)C1. The molecule has 0 amide bonds. The van der Waals surface area contributed by atoms with Crippen LogP contribution in [0.2, 0.25) is 0 Å². The molecular formula is C19H36ClINOP. The summed E-state index contributed by atoms with van der Waals surface area (Å²) in [5.41, 5.74) is 0.242. The van der Waals surface area contributed by atoms with Crippen molar-refractivity contribution in [2.75, 3.05) is 13.1 Å². The number of hydrogen-bond acceptors (Lipinski definition) is 2. The molecule has 0 radical (unpaired) electrons. The van der Waals surface area contributed by atoms with E-state index in [1.165, 1.54) is 32.1 Å². The second-order valence-electron chi connectivity index (χ2n) is 9.14. The standard InChI is InChI=1S/C19H36ClINOP/c1-13(2)14(3)17(23)22-11-10-19(24-21,18(4,5)12-22)15-6-8-16(20)9-7-15/h13-17,23-24H,6-12H2,1-5H3/t14-,15?,16?,17-,19+/m1/s1. The summed E-state index contributed by atoms with van der Waals surface area (Å²) >= 11 is 9.02. The summed E-state index contributed by atoms with van der Waals surface area (Å²) in [6, 6.07) is 0. The van der Waals surface area contributed by atoms with Crippen LogP contribution in [0.15, 0.2) is 0 Å². The van der Waals surface area contributed by atoms with Crippen LogP contribution in [-0.2, 0) is 0 Å². The van der Waals surface area contributed by atoms with Gasteiger partial charge in [0.25, 0.3) is 0 Å². The Hall–Kier alpha value is 1.37. The molecule has 1 aliphatic carbocycles. The Morgan fingerprint density at radius 1 is 1.17 bits per heavy atom. The Morgan fingerprint density at radius 2 is 1.75 bits per heavy atom. The molecule has 2 nitrogen and oxygen atoms in total. The van der Waals surface area contributed by atoms with Gasteiger partial charge in [0.05, 0.1) is 0 Å². The van der Waals surface area contributed by atoms with Crippen LogP contribution in [0.1, 0.15) is 66.7 Å². The summed E-state index contributed by atoms with van der Waals surface area (Å²) in [7, 11) is 0. The first kappa shape index (κ1) is 21.7. The van der Waals surface area contributed by atoms with E-state index >= 15 is 0 Å². The Balaban J connectivity index is 2.14. The molecule has 1 saturated heterocycles. The summed E-state index contributed by atoms with van der Waals surface area (Å²) < 4.78 is 0. The number of aliphatic hydroxyl groups excluding tert-OH is 1. The number of aliphatic hydroxyl groups is 1. The summed E-state index contributed by atoms with van der Waals surface area (Å²) in [6.45, 7) is 13.6. The molecule has 0 spiro atoms. The molecule has 1 unspecified atom stereocenters. The zero-order chi connectivity index (χ0) is 18.1. The maximum Gasteiger partial charge on any atom is 0.110 e. The molecule has 0 aromatic heterocycles. The highest BCUT2D eigenvalue weighted by Crippen LogP contribution is 2.62. The van der Waals surface area contributed by atoms with Crippen molar-refractivity contribution in [3.63, 3.8) is 0 Å². The van der Waals surface area contributed by atoms with Gasteiger partial charge in [-0.15, -0.1) is 11.6 Å². The largest absolute Gasteiger partial charge is 0.378 e. The summed E-state index contributed by atoms with van der Waals surface area (Å²) in [6.07, 6.45) is 6.80. The topological polar surface area (TPSA) is 23.5 Å². The predicted molar refractivity (Wildman–Crippen MR) is 117 cm³/mol. The van der Waals surface area contributed by atoms with Crippen molar-refractivity contribution in [1.29, 1.82) is 0 Å². The predicted octanol–water partition coefficient (Wildman–Crippen LogP) is 5.89. The highest BCUT2D eigenvalue weighted by Gasteiger charge is 2.53. The van der Waals surface area contributed by atoms with Crippen LogP contribution in [0.3, 0.4) is 0 Å².